The highest BCUT2D eigenvalue weighted by atomic mass is 32.2. The topological polar surface area (TPSA) is 43.4 Å². The molecule has 0 spiro atoms. The van der Waals surface area contributed by atoms with Crippen molar-refractivity contribution in [2.45, 2.75) is 12.2 Å². The molecular formula is C9H12O3S2. The number of methoxy groups -OCH3 is 1. The molecule has 0 bridgehead atoms. The average molecular weight is 232 g/mol. The number of thiophene rings is 1. The van der Waals surface area contributed by atoms with E-state index in [4.69, 9.17) is 4.74 Å². The fourth-order valence-electron chi connectivity index (χ4n) is 0.913. The molecule has 0 saturated heterocycles. The molecule has 2 atom stereocenters. The van der Waals surface area contributed by atoms with Crippen molar-refractivity contribution in [3.05, 3.63) is 17.0 Å². The molecule has 3 nitrogen and oxygen atoms in total. The Bertz CT molecular complexity index is 357. The lowest BCUT2D eigenvalue weighted by Crippen LogP contribution is -2.20. The fraction of sp³-hybridized carbons (Fsp3) is 0.444. The molecule has 0 saturated carbocycles. The summed E-state index contributed by atoms with van der Waals surface area (Å²) in [5, 5.41) is 0.251. The van der Waals surface area contributed by atoms with Crippen LogP contribution in [0.1, 0.15) is 16.6 Å². The first kappa shape index (κ1) is 11.4. The Labute approximate surface area is 89.5 Å². The second-order valence-corrected chi connectivity index (χ2v) is 5.58. The minimum Gasteiger partial charge on any atom is -0.487 e. The van der Waals surface area contributed by atoms with Gasteiger partial charge in [-0.25, -0.2) is 0 Å². The quantitative estimate of drug-likeness (QED) is 0.742. The molecule has 1 aromatic rings. The van der Waals surface area contributed by atoms with Gasteiger partial charge in [-0.1, -0.05) is 11.3 Å². The third-order valence-corrected chi connectivity index (χ3v) is 4.16. The van der Waals surface area contributed by atoms with Gasteiger partial charge in [0.2, 0.25) is 0 Å². The van der Waals surface area contributed by atoms with Crippen molar-refractivity contribution < 1.29 is 13.7 Å². The maximum Gasteiger partial charge on any atom is 0.188 e. The lowest BCUT2D eigenvalue weighted by Gasteiger charge is -2.03. The maximum atomic E-state index is 11.7. The van der Waals surface area contributed by atoms with Crippen molar-refractivity contribution in [3.63, 3.8) is 0 Å². The van der Waals surface area contributed by atoms with Crippen LogP contribution in [0.25, 0.3) is 0 Å². The first-order chi connectivity index (χ1) is 6.56. The number of carbonyl (C=O) groups excluding carboxylic acids is 1. The Balaban J connectivity index is 2.84. The van der Waals surface area contributed by atoms with Crippen LogP contribution in [0.3, 0.4) is 0 Å². The first-order valence-corrected chi connectivity index (χ1v) is 6.50. The highest BCUT2D eigenvalue weighted by Gasteiger charge is 2.20. The minimum absolute atomic E-state index is 0.0841. The molecule has 0 N–H and O–H groups in total. The van der Waals surface area contributed by atoms with Crippen LogP contribution in [-0.2, 0) is 10.8 Å². The van der Waals surface area contributed by atoms with Gasteiger partial charge in [0.1, 0.15) is 0 Å². The standard InChI is InChI=1S/C9H12O3S2/c1-6(14(3)11)9(10)7-4-5-8(12-2)13-7/h4-6H,1-3H3. The van der Waals surface area contributed by atoms with Gasteiger partial charge in [0, 0.05) is 17.1 Å². The molecule has 0 aliphatic carbocycles. The van der Waals surface area contributed by atoms with Crippen LogP contribution in [0, 0.1) is 0 Å². The normalized spacial score (nSPS) is 14.8. The van der Waals surface area contributed by atoms with Crippen molar-refractivity contribution in [2.24, 2.45) is 0 Å². The molecule has 0 aliphatic heterocycles. The molecule has 2 unspecified atom stereocenters. The zero-order valence-electron chi connectivity index (χ0n) is 8.27. The summed E-state index contributed by atoms with van der Waals surface area (Å²) in [6.45, 7) is 1.67. The minimum atomic E-state index is -1.12. The Morgan fingerprint density at radius 2 is 2.21 bits per heavy atom. The van der Waals surface area contributed by atoms with E-state index < -0.39 is 16.0 Å². The molecular weight excluding hydrogens is 220 g/mol. The number of hydrogen-bond donors (Lipinski definition) is 0. The van der Waals surface area contributed by atoms with Gasteiger partial charge in [-0.2, -0.15) is 0 Å². The lowest BCUT2D eigenvalue weighted by molar-refractivity contribution is 0.0996. The number of carbonyl (C=O) groups is 1. The van der Waals surface area contributed by atoms with E-state index in [9.17, 15) is 9.00 Å². The summed E-state index contributed by atoms with van der Waals surface area (Å²) in [7, 11) is 0.440. The Kier molecular flexibility index (Phi) is 3.83. The highest BCUT2D eigenvalue weighted by molar-refractivity contribution is 7.85. The number of ether oxygens (including phenoxy) is 1. The molecule has 0 aromatic carbocycles. The molecule has 0 radical (unpaired) electrons. The third-order valence-electron chi connectivity index (χ3n) is 1.89. The van der Waals surface area contributed by atoms with Crippen molar-refractivity contribution in [1.29, 1.82) is 0 Å². The summed E-state index contributed by atoms with van der Waals surface area (Å²) < 4.78 is 16.1. The predicted octanol–water partition coefficient (Wildman–Crippen LogP) is 1.71. The summed E-state index contributed by atoms with van der Waals surface area (Å²) in [4.78, 5) is 12.3. The average Bonchev–Trinajstić information content (AvgIpc) is 2.63. The van der Waals surface area contributed by atoms with Gasteiger partial charge in [-0.3, -0.25) is 9.00 Å². The molecule has 0 aliphatic rings. The summed E-state index contributed by atoms with van der Waals surface area (Å²) in [6.07, 6.45) is 1.54. The van der Waals surface area contributed by atoms with Gasteiger partial charge in [0.05, 0.1) is 17.2 Å². The van der Waals surface area contributed by atoms with Gasteiger partial charge in [0.25, 0.3) is 0 Å². The van der Waals surface area contributed by atoms with Crippen molar-refractivity contribution >= 4 is 27.9 Å². The smallest absolute Gasteiger partial charge is 0.188 e. The molecule has 1 aromatic heterocycles. The third kappa shape index (κ3) is 2.42. The molecule has 1 rings (SSSR count). The number of ketones is 1. The van der Waals surface area contributed by atoms with Gasteiger partial charge >= 0.3 is 0 Å². The highest BCUT2D eigenvalue weighted by Crippen LogP contribution is 2.25. The van der Waals surface area contributed by atoms with E-state index in [2.05, 4.69) is 0 Å². The van der Waals surface area contributed by atoms with Gasteiger partial charge in [-0.05, 0) is 19.1 Å². The number of Topliss-reactive ketones (excluding diaryl/α,β-unsaturated/α-hetero) is 1. The molecule has 0 fully saturated rings. The van der Waals surface area contributed by atoms with Crippen molar-refractivity contribution in [3.8, 4) is 5.06 Å². The fourth-order valence-corrected chi connectivity index (χ4v) is 2.27. The van der Waals surface area contributed by atoms with Crippen molar-refractivity contribution in [1.82, 2.24) is 0 Å². The SMILES string of the molecule is COc1ccc(C(=O)C(C)S(C)=O)s1. The number of rotatable bonds is 4. The van der Waals surface area contributed by atoms with E-state index in [1.165, 1.54) is 17.6 Å². The molecule has 14 heavy (non-hydrogen) atoms. The van der Waals surface area contributed by atoms with Crippen LogP contribution in [0.15, 0.2) is 12.1 Å². The number of hydrogen-bond acceptors (Lipinski definition) is 4. The van der Waals surface area contributed by atoms with E-state index in [1.54, 1.807) is 26.2 Å². The molecule has 78 valence electrons. The molecule has 5 heteroatoms. The van der Waals surface area contributed by atoms with E-state index >= 15 is 0 Å². The van der Waals surface area contributed by atoms with Crippen LogP contribution in [0.4, 0.5) is 0 Å². The summed E-state index contributed by atoms with van der Waals surface area (Å²) in [6, 6.07) is 3.44. The van der Waals surface area contributed by atoms with Gasteiger partial charge in [-0.15, -0.1) is 0 Å². The van der Waals surface area contributed by atoms with E-state index in [0.29, 0.717) is 9.94 Å². The van der Waals surface area contributed by atoms with Gasteiger partial charge < -0.3 is 4.74 Å². The second-order valence-electron chi connectivity index (χ2n) is 2.83. The van der Waals surface area contributed by atoms with E-state index in [0.717, 1.165) is 0 Å². The second kappa shape index (κ2) is 4.70. The van der Waals surface area contributed by atoms with Crippen LogP contribution < -0.4 is 4.74 Å². The van der Waals surface area contributed by atoms with Gasteiger partial charge in [0.15, 0.2) is 10.8 Å². The first-order valence-electron chi connectivity index (χ1n) is 4.06. The Morgan fingerprint density at radius 3 is 2.64 bits per heavy atom. The van der Waals surface area contributed by atoms with Crippen LogP contribution in [-0.4, -0.2) is 28.6 Å². The molecule has 1 heterocycles. The van der Waals surface area contributed by atoms with Crippen molar-refractivity contribution in [2.75, 3.05) is 13.4 Å². The summed E-state index contributed by atoms with van der Waals surface area (Å²) in [5.41, 5.74) is 0. The predicted molar refractivity (Wildman–Crippen MR) is 58.7 cm³/mol. The largest absolute Gasteiger partial charge is 0.487 e. The summed E-state index contributed by atoms with van der Waals surface area (Å²) >= 11 is 1.28. The van der Waals surface area contributed by atoms with Crippen LogP contribution >= 0.6 is 11.3 Å². The zero-order valence-corrected chi connectivity index (χ0v) is 9.91. The summed E-state index contributed by atoms with van der Waals surface area (Å²) in [5.74, 6) is -0.0841. The Hall–Kier alpha value is -0.680. The maximum absolute atomic E-state index is 11.7. The van der Waals surface area contributed by atoms with E-state index in [1.807, 2.05) is 0 Å². The van der Waals surface area contributed by atoms with Crippen LogP contribution in [0.2, 0.25) is 0 Å². The lowest BCUT2D eigenvalue weighted by atomic mass is 10.2. The monoisotopic (exact) mass is 232 g/mol. The Morgan fingerprint density at radius 1 is 1.57 bits per heavy atom. The van der Waals surface area contributed by atoms with E-state index in [-0.39, 0.29) is 5.78 Å². The van der Waals surface area contributed by atoms with Crippen LogP contribution in [0.5, 0.6) is 5.06 Å². The molecule has 0 amide bonds. The zero-order chi connectivity index (χ0) is 10.7.